The van der Waals surface area contributed by atoms with Gasteiger partial charge in [-0.2, -0.15) is 5.10 Å². The van der Waals surface area contributed by atoms with Crippen molar-refractivity contribution in [3.05, 3.63) is 35.7 Å². The molecule has 0 aliphatic rings. The SMILES string of the molecule is Cc1cnc(C=NNC(N)=S)c2cccc(N)c12.[Cl][Fe][Cl]. The Labute approximate surface area is 142 Å². The average molecular weight is 386 g/mol. The van der Waals surface area contributed by atoms with E-state index in [0.29, 0.717) is 5.69 Å². The molecule has 114 valence electrons. The first kappa shape index (κ1) is 17.9. The minimum atomic E-state index is 0.113. The molecule has 0 amide bonds. The maximum absolute atomic E-state index is 5.97. The van der Waals surface area contributed by atoms with Gasteiger partial charge in [0.15, 0.2) is 5.11 Å². The molecule has 2 aromatic rings. The molecule has 0 spiro atoms. The molecule has 0 saturated heterocycles. The number of hydrogen-bond donors (Lipinski definition) is 3. The molecule has 2 rings (SSSR count). The van der Waals surface area contributed by atoms with Crippen LogP contribution in [0.1, 0.15) is 11.3 Å². The van der Waals surface area contributed by atoms with Crippen molar-refractivity contribution in [2.45, 2.75) is 6.92 Å². The third-order valence-corrected chi connectivity index (χ3v) is 2.62. The second kappa shape index (κ2) is 9.02. The van der Waals surface area contributed by atoms with Gasteiger partial charge in [0, 0.05) is 22.7 Å². The van der Waals surface area contributed by atoms with Crippen LogP contribution in [0.15, 0.2) is 29.5 Å². The van der Waals surface area contributed by atoms with Gasteiger partial charge in [0.1, 0.15) is 0 Å². The molecule has 5 nitrogen and oxygen atoms in total. The molecular weight excluding hydrogens is 373 g/mol. The fourth-order valence-corrected chi connectivity index (χ4v) is 1.84. The summed E-state index contributed by atoms with van der Waals surface area (Å²) in [6, 6.07) is 5.70. The summed E-state index contributed by atoms with van der Waals surface area (Å²) in [5.41, 5.74) is 16.2. The van der Waals surface area contributed by atoms with Gasteiger partial charge in [-0.25, -0.2) is 0 Å². The number of fused-ring (bicyclic) bond motifs is 1. The normalized spacial score (nSPS) is 10.4. The molecule has 1 heterocycles. The second-order valence-corrected chi connectivity index (χ2v) is 6.14. The summed E-state index contributed by atoms with van der Waals surface area (Å²) in [5.74, 6) is 0. The Bertz CT molecular complexity index is 657. The first-order valence-electron chi connectivity index (χ1n) is 5.58. The van der Waals surface area contributed by atoms with Crippen LogP contribution in [0, 0.1) is 6.92 Å². The summed E-state index contributed by atoms with van der Waals surface area (Å²) >= 11 is 4.86. The van der Waals surface area contributed by atoms with Crippen LogP contribution in [0.3, 0.4) is 0 Å². The number of aryl methyl sites for hydroxylation is 1. The molecule has 0 unspecified atom stereocenters. The Hall–Kier alpha value is -1.11. The Morgan fingerprint density at radius 2 is 2.14 bits per heavy atom. The van der Waals surface area contributed by atoms with Crippen molar-refractivity contribution in [3.8, 4) is 0 Å². The molecule has 21 heavy (non-hydrogen) atoms. The molecule has 0 saturated carbocycles. The zero-order valence-electron chi connectivity index (χ0n) is 11.0. The number of nitrogens with two attached hydrogens (primary N) is 2. The Morgan fingerprint density at radius 1 is 1.48 bits per heavy atom. The van der Waals surface area contributed by atoms with E-state index in [-0.39, 0.29) is 18.2 Å². The summed E-state index contributed by atoms with van der Waals surface area (Å²) in [6.45, 7) is 1.97. The van der Waals surface area contributed by atoms with E-state index in [9.17, 15) is 0 Å². The number of thiocarbonyl (C=S) groups is 1. The predicted octanol–water partition coefficient (Wildman–Crippen LogP) is 2.67. The van der Waals surface area contributed by atoms with E-state index in [0.717, 1.165) is 22.0 Å². The first-order valence-corrected chi connectivity index (χ1v) is 9.03. The first-order chi connectivity index (χ1) is 10.0. The molecule has 0 aliphatic carbocycles. The van der Waals surface area contributed by atoms with Gasteiger partial charge < -0.3 is 11.5 Å². The molecule has 9 heteroatoms. The van der Waals surface area contributed by atoms with E-state index >= 15 is 0 Å². The minimum absolute atomic E-state index is 0.113. The summed E-state index contributed by atoms with van der Waals surface area (Å²) < 4.78 is 0. The Balaban J connectivity index is 0.000000677. The molecule has 1 aromatic heterocycles. The van der Waals surface area contributed by atoms with Crippen molar-refractivity contribution in [3.63, 3.8) is 0 Å². The number of anilines is 1. The van der Waals surface area contributed by atoms with Crippen LogP contribution in [-0.4, -0.2) is 16.3 Å². The van der Waals surface area contributed by atoms with Crippen molar-refractivity contribution in [2.75, 3.05) is 5.73 Å². The number of nitrogens with one attached hydrogen (secondary N) is 1. The summed E-state index contributed by atoms with van der Waals surface area (Å²) in [4.78, 5) is 4.32. The maximum atomic E-state index is 5.97. The summed E-state index contributed by atoms with van der Waals surface area (Å²) in [5, 5.41) is 5.96. The van der Waals surface area contributed by atoms with Crippen LogP contribution in [0.5, 0.6) is 0 Å². The van der Waals surface area contributed by atoms with Crippen molar-refractivity contribution >= 4 is 60.2 Å². The zero-order valence-corrected chi connectivity index (χ0v) is 14.4. The third-order valence-electron chi connectivity index (χ3n) is 2.53. The van der Waals surface area contributed by atoms with Gasteiger partial charge in [-0.15, -0.1) is 0 Å². The van der Waals surface area contributed by atoms with Crippen LogP contribution in [0.25, 0.3) is 10.8 Å². The quantitative estimate of drug-likeness (QED) is 0.243. The number of nitrogens with zero attached hydrogens (tertiary/aromatic N) is 2. The molecule has 0 bridgehead atoms. The number of aromatic nitrogens is 1. The van der Waals surface area contributed by atoms with Crippen molar-refractivity contribution in [1.29, 1.82) is 0 Å². The summed E-state index contributed by atoms with van der Waals surface area (Å²) in [7, 11) is 9.53. The standard InChI is InChI=1S/C12H13N5S.2ClH.Fe/c1-7-5-15-10(6-16-17-12(14)18)8-3-2-4-9(13)11(7)8;;;/h2-6H,13H2,1H3,(H3,14,17,18);2*1H;/q;;;+2/p-2. The van der Waals surface area contributed by atoms with Crippen LogP contribution < -0.4 is 16.9 Å². The molecule has 0 atom stereocenters. The molecular formula is C12H13Cl2FeN5S. The summed E-state index contributed by atoms with van der Waals surface area (Å²) in [6.07, 6.45) is 3.33. The van der Waals surface area contributed by atoms with E-state index in [4.69, 9.17) is 31.7 Å². The molecule has 5 N–H and O–H groups in total. The molecule has 1 aromatic carbocycles. The average Bonchev–Trinajstić information content (AvgIpc) is 2.42. The van der Waals surface area contributed by atoms with Crippen molar-refractivity contribution < 1.29 is 13.1 Å². The fourth-order valence-electron chi connectivity index (χ4n) is 1.78. The van der Waals surface area contributed by atoms with Crippen molar-refractivity contribution in [1.82, 2.24) is 10.4 Å². The van der Waals surface area contributed by atoms with Gasteiger partial charge in [0.25, 0.3) is 0 Å². The van der Waals surface area contributed by atoms with Crippen molar-refractivity contribution in [2.24, 2.45) is 10.8 Å². The monoisotopic (exact) mass is 385 g/mol. The number of nitrogen functional groups attached to an aromatic ring is 1. The van der Waals surface area contributed by atoms with Gasteiger partial charge in [-0.3, -0.25) is 10.4 Å². The number of hydrogen-bond acceptors (Lipinski definition) is 4. The van der Waals surface area contributed by atoms with E-state index in [1.54, 1.807) is 12.4 Å². The van der Waals surface area contributed by atoms with Gasteiger partial charge in [-0.05, 0) is 30.8 Å². The topological polar surface area (TPSA) is 89.3 Å². The number of rotatable bonds is 2. The van der Waals surface area contributed by atoms with Gasteiger partial charge in [0.05, 0.1) is 11.9 Å². The fraction of sp³-hybridized carbons (Fsp3) is 0.0833. The number of hydrazone groups is 1. The second-order valence-electron chi connectivity index (χ2n) is 3.88. The van der Waals surface area contributed by atoms with Gasteiger partial charge in [0.2, 0.25) is 0 Å². The molecule has 0 radical (unpaired) electrons. The van der Waals surface area contributed by atoms with Crippen LogP contribution in [-0.2, 0) is 13.1 Å². The van der Waals surface area contributed by atoms with E-state index in [2.05, 4.69) is 27.7 Å². The number of benzene rings is 1. The van der Waals surface area contributed by atoms with Crippen LogP contribution in [0.2, 0.25) is 0 Å². The molecule has 0 aliphatic heterocycles. The zero-order chi connectivity index (χ0) is 15.8. The van der Waals surface area contributed by atoms with Gasteiger partial charge in [-0.1, -0.05) is 12.1 Å². The number of halogens is 2. The van der Waals surface area contributed by atoms with Crippen LogP contribution in [0.4, 0.5) is 5.69 Å². The Kier molecular flexibility index (Phi) is 7.70. The Morgan fingerprint density at radius 3 is 2.76 bits per heavy atom. The van der Waals surface area contributed by atoms with E-state index < -0.39 is 0 Å². The third kappa shape index (κ3) is 5.30. The van der Waals surface area contributed by atoms with E-state index in [1.165, 1.54) is 0 Å². The number of pyridine rings is 1. The predicted molar refractivity (Wildman–Crippen MR) is 90.1 cm³/mol. The molecule has 0 fully saturated rings. The van der Waals surface area contributed by atoms with Crippen LogP contribution >= 0.6 is 32.4 Å². The van der Waals surface area contributed by atoms with E-state index in [1.807, 2.05) is 25.1 Å². The van der Waals surface area contributed by atoms with Gasteiger partial charge >= 0.3 is 33.3 Å².